The summed E-state index contributed by atoms with van der Waals surface area (Å²) in [6.07, 6.45) is 4.01. The van der Waals surface area contributed by atoms with Crippen LogP contribution in [0, 0.1) is 5.92 Å². The van der Waals surface area contributed by atoms with Gasteiger partial charge in [-0.1, -0.05) is 0 Å². The molecule has 1 N–H and O–H groups in total. The Hall–Kier alpha value is 0.230. The fourth-order valence-corrected chi connectivity index (χ4v) is 3.87. The molecule has 0 spiro atoms. The van der Waals surface area contributed by atoms with E-state index in [0.717, 1.165) is 18.6 Å². The van der Waals surface area contributed by atoms with Gasteiger partial charge in [-0.15, -0.1) is 0 Å². The summed E-state index contributed by atoms with van der Waals surface area (Å²) in [5, 5.41) is 3.62. The summed E-state index contributed by atoms with van der Waals surface area (Å²) in [6, 6.07) is 0.747. The predicted molar refractivity (Wildman–Crippen MR) is 74.8 cm³/mol. The van der Waals surface area contributed by atoms with Gasteiger partial charge in [0.05, 0.1) is 6.61 Å². The first-order valence-corrected chi connectivity index (χ1v) is 8.06. The molecule has 2 atom stereocenters. The standard InChI is InChI=1S/C13H26N2OS/c1-16-10-12-3-2-6-15(9-12)7-4-13-11-17-8-5-14-13/h12-14H,2-11H2,1H3. The molecule has 0 amide bonds. The molecule has 2 fully saturated rings. The minimum atomic E-state index is 0.747. The van der Waals surface area contributed by atoms with Crippen molar-refractivity contribution >= 4 is 11.8 Å². The molecule has 2 heterocycles. The second kappa shape index (κ2) is 7.62. The topological polar surface area (TPSA) is 24.5 Å². The number of methoxy groups -OCH3 is 1. The van der Waals surface area contributed by atoms with Gasteiger partial charge >= 0.3 is 0 Å². The van der Waals surface area contributed by atoms with E-state index in [1.165, 1.54) is 56.9 Å². The lowest BCUT2D eigenvalue weighted by Crippen LogP contribution is -2.43. The molecule has 100 valence electrons. The van der Waals surface area contributed by atoms with Crippen molar-refractivity contribution in [2.45, 2.75) is 25.3 Å². The van der Waals surface area contributed by atoms with Crippen LogP contribution in [-0.4, -0.2) is 62.3 Å². The van der Waals surface area contributed by atoms with Crippen molar-refractivity contribution in [3.05, 3.63) is 0 Å². The lowest BCUT2D eigenvalue weighted by molar-refractivity contribution is 0.0890. The van der Waals surface area contributed by atoms with Crippen LogP contribution in [0.4, 0.5) is 0 Å². The Kier molecular flexibility index (Phi) is 6.12. The zero-order chi connectivity index (χ0) is 11.9. The van der Waals surface area contributed by atoms with Crippen molar-refractivity contribution in [1.29, 1.82) is 0 Å². The molecule has 0 aliphatic carbocycles. The maximum Gasteiger partial charge on any atom is 0.0502 e. The molecule has 2 aliphatic rings. The molecule has 0 bridgehead atoms. The summed E-state index contributed by atoms with van der Waals surface area (Å²) in [4.78, 5) is 2.63. The van der Waals surface area contributed by atoms with Gasteiger partial charge in [-0.3, -0.25) is 0 Å². The van der Waals surface area contributed by atoms with E-state index >= 15 is 0 Å². The van der Waals surface area contributed by atoms with Crippen LogP contribution in [0.15, 0.2) is 0 Å². The van der Waals surface area contributed by atoms with Crippen LogP contribution in [-0.2, 0) is 4.74 Å². The number of thioether (sulfide) groups is 1. The van der Waals surface area contributed by atoms with Gasteiger partial charge in [0.25, 0.3) is 0 Å². The highest BCUT2D eigenvalue weighted by Gasteiger charge is 2.21. The summed E-state index contributed by atoms with van der Waals surface area (Å²) in [5.74, 6) is 3.35. The quantitative estimate of drug-likeness (QED) is 0.806. The summed E-state index contributed by atoms with van der Waals surface area (Å²) in [6.45, 7) is 5.93. The smallest absolute Gasteiger partial charge is 0.0502 e. The Labute approximate surface area is 110 Å². The molecule has 0 radical (unpaired) electrons. The molecular weight excluding hydrogens is 232 g/mol. The van der Waals surface area contributed by atoms with E-state index in [-0.39, 0.29) is 0 Å². The van der Waals surface area contributed by atoms with Crippen LogP contribution in [0.1, 0.15) is 19.3 Å². The average molecular weight is 258 g/mol. The van der Waals surface area contributed by atoms with Crippen LogP contribution in [0.2, 0.25) is 0 Å². The first-order valence-electron chi connectivity index (χ1n) is 6.91. The van der Waals surface area contributed by atoms with Gasteiger partial charge in [0.2, 0.25) is 0 Å². The van der Waals surface area contributed by atoms with E-state index in [2.05, 4.69) is 22.0 Å². The van der Waals surface area contributed by atoms with Crippen molar-refractivity contribution in [3.8, 4) is 0 Å². The van der Waals surface area contributed by atoms with Crippen molar-refractivity contribution in [2.24, 2.45) is 5.92 Å². The number of piperidine rings is 1. The minimum absolute atomic E-state index is 0.747. The number of nitrogens with one attached hydrogen (secondary N) is 1. The van der Waals surface area contributed by atoms with E-state index in [0.29, 0.717) is 0 Å². The molecule has 4 heteroatoms. The molecule has 0 aromatic rings. The fraction of sp³-hybridized carbons (Fsp3) is 1.00. The molecule has 2 unspecified atom stereocenters. The van der Waals surface area contributed by atoms with Crippen LogP contribution in [0.3, 0.4) is 0 Å². The van der Waals surface area contributed by atoms with Gasteiger partial charge in [0.15, 0.2) is 0 Å². The Bertz CT molecular complexity index is 208. The fourth-order valence-electron chi connectivity index (χ4n) is 2.87. The van der Waals surface area contributed by atoms with Crippen LogP contribution < -0.4 is 5.32 Å². The van der Waals surface area contributed by atoms with E-state index in [9.17, 15) is 0 Å². The normalized spacial score (nSPS) is 31.6. The molecule has 17 heavy (non-hydrogen) atoms. The van der Waals surface area contributed by atoms with E-state index in [1.54, 1.807) is 0 Å². The summed E-state index contributed by atoms with van der Waals surface area (Å²) < 4.78 is 5.28. The van der Waals surface area contributed by atoms with Crippen LogP contribution >= 0.6 is 11.8 Å². The van der Waals surface area contributed by atoms with Gasteiger partial charge < -0.3 is 15.0 Å². The second-order valence-electron chi connectivity index (χ2n) is 5.28. The molecule has 0 aromatic carbocycles. The first kappa shape index (κ1) is 13.7. The van der Waals surface area contributed by atoms with Crippen molar-refractivity contribution in [2.75, 3.05) is 51.4 Å². The second-order valence-corrected chi connectivity index (χ2v) is 6.43. The molecule has 2 rings (SSSR count). The van der Waals surface area contributed by atoms with E-state index in [4.69, 9.17) is 4.74 Å². The lowest BCUT2D eigenvalue weighted by Gasteiger charge is -2.34. The van der Waals surface area contributed by atoms with Gasteiger partial charge in [0, 0.05) is 37.7 Å². The maximum absolute atomic E-state index is 5.28. The number of nitrogens with zero attached hydrogens (tertiary/aromatic N) is 1. The Morgan fingerprint density at radius 3 is 3.18 bits per heavy atom. The molecular formula is C13H26N2OS. The average Bonchev–Trinajstić information content (AvgIpc) is 2.39. The number of hydrogen-bond donors (Lipinski definition) is 1. The summed E-state index contributed by atoms with van der Waals surface area (Å²) in [5.41, 5.74) is 0. The molecule has 2 saturated heterocycles. The van der Waals surface area contributed by atoms with Crippen molar-refractivity contribution in [1.82, 2.24) is 10.2 Å². The van der Waals surface area contributed by atoms with Gasteiger partial charge in [-0.05, 0) is 38.3 Å². The minimum Gasteiger partial charge on any atom is -0.384 e. The van der Waals surface area contributed by atoms with Gasteiger partial charge in [0.1, 0.15) is 0 Å². The van der Waals surface area contributed by atoms with Gasteiger partial charge in [-0.25, -0.2) is 0 Å². The number of ether oxygens (including phenoxy) is 1. The monoisotopic (exact) mass is 258 g/mol. The number of rotatable bonds is 5. The van der Waals surface area contributed by atoms with Crippen molar-refractivity contribution < 1.29 is 4.74 Å². The zero-order valence-electron chi connectivity index (χ0n) is 11.0. The van der Waals surface area contributed by atoms with E-state index < -0.39 is 0 Å². The Morgan fingerprint density at radius 1 is 1.47 bits per heavy atom. The SMILES string of the molecule is COCC1CCCN(CCC2CSCCN2)C1. The largest absolute Gasteiger partial charge is 0.384 e. The lowest BCUT2D eigenvalue weighted by atomic mass is 9.98. The molecule has 2 aliphatic heterocycles. The summed E-state index contributed by atoms with van der Waals surface area (Å²) >= 11 is 2.10. The zero-order valence-corrected chi connectivity index (χ0v) is 11.8. The Balaban J connectivity index is 1.64. The molecule has 0 saturated carbocycles. The third-order valence-electron chi connectivity index (χ3n) is 3.80. The highest BCUT2D eigenvalue weighted by Crippen LogP contribution is 2.18. The third-order valence-corrected chi connectivity index (χ3v) is 4.93. The predicted octanol–water partition coefficient (Wildman–Crippen LogP) is 1.44. The van der Waals surface area contributed by atoms with Crippen LogP contribution in [0.25, 0.3) is 0 Å². The van der Waals surface area contributed by atoms with E-state index in [1.807, 2.05) is 7.11 Å². The van der Waals surface area contributed by atoms with Crippen molar-refractivity contribution in [3.63, 3.8) is 0 Å². The first-order chi connectivity index (χ1) is 8.38. The Morgan fingerprint density at radius 2 is 2.41 bits per heavy atom. The van der Waals surface area contributed by atoms with Gasteiger partial charge in [-0.2, -0.15) is 11.8 Å². The highest BCUT2D eigenvalue weighted by atomic mass is 32.2. The number of hydrogen-bond acceptors (Lipinski definition) is 4. The molecule has 3 nitrogen and oxygen atoms in total. The van der Waals surface area contributed by atoms with Crippen LogP contribution in [0.5, 0.6) is 0 Å². The maximum atomic E-state index is 5.28. The number of likely N-dealkylation sites (tertiary alicyclic amines) is 1. The third kappa shape index (κ3) is 4.78. The molecule has 0 aromatic heterocycles. The highest BCUT2D eigenvalue weighted by molar-refractivity contribution is 7.99. The summed E-state index contributed by atoms with van der Waals surface area (Å²) in [7, 11) is 1.82.